The van der Waals surface area contributed by atoms with E-state index in [-0.39, 0.29) is 5.91 Å². The Morgan fingerprint density at radius 3 is 2.36 bits per heavy atom. The molecule has 4 aromatic rings. The zero-order valence-corrected chi connectivity index (χ0v) is 20.0. The summed E-state index contributed by atoms with van der Waals surface area (Å²) >= 11 is 4.85. The number of halogens is 1. The van der Waals surface area contributed by atoms with E-state index in [4.69, 9.17) is 9.72 Å². The molecule has 0 N–H and O–H groups in total. The van der Waals surface area contributed by atoms with Crippen molar-refractivity contribution in [2.75, 3.05) is 12.1 Å². The summed E-state index contributed by atoms with van der Waals surface area (Å²) in [6.07, 6.45) is 1.86. The van der Waals surface area contributed by atoms with Crippen LogP contribution in [0.3, 0.4) is 0 Å². The van der Waals surface area contributed by atoms with Gasteiger partial charge in [0.1, 0.15) is 11.5 Å². The van der Waals surface area contributed by atoms with Gasteiger partial charge < -0.3 is 4.74 Å². The lowest BCUT2D eigenvalue weighted by Crippen LogP contribution is -2.21. The molecule has 0 atom stereocenters. The lowest BCUT2D eigenvalue weighted by Gasteiger charge is -2.07. The van der Waals surface area contributed by atoms with Gasteiger partial charge in [0.25, 0.3) is 5.91 Å². The maximum Gasteiger partial charge on any atom is 0.283 e. The predicted molar refractivity (Wildman–Crippen MR) is 137 cm³/mol. The fraction of sp³-hybridized carbons (Fsp3) is 0.0385. The average molecular weight is 516 g/mol. The van der Waals surface area contributed by atoms with Crippen molar-refractivity contribution in [3.8, 4) is 17.0 Å². The first kappa shape index (κ1) is 21.3. The minimum atomic E-state index is -0.207. The molecule has 0 aliphatic carbocycles. The van der Waals surface area contributed by atoms with Gasteiger partial charge in [-0.05, 0) is 35.9 Å². The van der Waals surface area contributed by atoms with Crippen LogP contribution in [0.15, 0.2) is 99.4 Å². The van der Waals surface area contributed by atoms with E-state index >= 15 is 0 Å². The highest BCUT2D eigenvalue weighted by molar-refractivity contribution is 9.10. The van der Waals surface area contributed by atoms with Crippen LogP contribution in [-0.2, 0) is 4.79 Å². The van der Waals surface area contributed by atoms with Gasteiger partial charge in [0.2, 0.25) is 5.13 Å². The molecule has 0 saturated heterocycles. The number of anilines is 1. The fourth-order valence-electron chi connectivity index (χ4n) is 3.47. The van der Waals surface area contributed by atoms with Gasteiger partial charge in [0.15, 0.2) is 0 Å². The van der Waals surface area contributed by atoms with Gasteiger partial charge in [-0.1, -0.05) is 70.5 Å². The molecule has 1 aliphatic rings. The number of hydrazone groups is 1. The quantitative estimate of drug-likeness (QED) is 0.288. The molecule has 7 heteroatoms. The van der Waals surface area contributed by atoms with Crippen LogP contribution in [0.25, 0.3) is 17.3 Å². The van der Waals surface area contributed by atoms with Gasteiger partial charge in [0, 0.05) is 21.0 Å². The molecule has 33 heavy (non-hydrogen) atoms. The van der Waals surface area contributed by atoms with Crippen LogP contribution in [0.5, 0.6) is 5.75 Å². The summed E-state index contributed by atoms with van der Waals surface area (Å²) in [5.74, 6) is 0.554. The summed E-state index contributed by atoms with van der Waals surface area (Å²) in [7, 11) is 1.63. The van der Waals surface area contributed by atoms with Crippen LogP contribution >= 0.6 is 27.3 Å². The Morgan fingerprint density at radius 1 is 0.939 bits per heavy atom. The van der Waals surface area contributed by atoms with Gasteiger partial charge >= 0.3 is 0 Å². The second-order valence-corrected chi connectivity index (χ2v) is 9.04. The van der Waals surface area contributed by atoms with Crippen molar-refractivity contribution in [3.63, 3.8) is 0 Å². The number of carbonyl (C=O) groups excluding carboxylic acids is 1. The van der Waals surface area contributed by atoms with E-state index in [1.54, 1.807) is 7.11 Å². The lowest BCUT2D eigenvalue weighted by atomic mass is 10.0. The summed E-state index contributed by atoms with van der Waals surface area (Å²) in [6, 6.07) is 25.2. The zero-order chi connectivity index (χ0) is 22.8. The Balaban J connectivity index is 1.54. The summed E-state index contributed by atoms with van der Waals surface area (Å²) in [5, 5.41) is 8.55. The summed E-state index contributed by atoms with van der Waals surface area (Å²) in [6.45, 7) is 0. The van der Waals surface area contributed by atoms with Gasteiger partial charge in [-0.25, -0.2) is 4.98 Å². The minimum Gasteiger partial charge on any atom is -0.497 e. The highest BCUT2D eigenvalue weighted by Crippen LogP contribution is 2.33. The van der Waals surface area contributed by atoms with Crippen molar-refractivity contribution in [1.29, 1.82) is 0 Å². The van der Waals surface area contributed by atoms with Crippen LogP contribution in [0.1, 0.15) is 11.1 Å². The third-order valence-corrected chi connectivity index (χ3v) is 6.51. The van der Waals surface area contributed by atoms with Crippen molar-refractivity contribution in [3.05, 3.63) is 105 Å². The maximum absolute atomic E-state index is 13.5. The summed E-state index contributed by atoms with van der Waals surface area (Å²) < 4.78 is 6.24. The Kier molecular flexibility index (Phi) is 5.90. The Morgan fingerprint density at radius 2 is 1.67 bits per heavy atom. The molecule has 5 rings (SSSR count). The first-order chi connectivity index (χ1) is 16.1. The van der Waals surface area contributed by atoms with Crippen molar-refractivity contribution in [2.24, 2.45) is 5.10 Å². The number of benzene rings is 3. The molecule has 0 unspecified atom stereocenters. The Hall–Kier alpha value is -3.55. The number of ether oxygens (including phenoxy) is 1. The van der Waals surface area contributed by atoms with Crippen LogP contribution < -0.4 is 9.75 Å². The normalized spacial score (nSPS) is 14.6. The number of methoxy groups -OCH3 is 1. The molecule has 1 aromatic heterocycles. The molecular weight excluding hydrogens is 498 g/mol. The second kappa shape index (κ2) is 9.13. The number of amides is 1. The number of nitrogens with zero attached hydrogens (tertiary/aromatic N) is 3. The second-order valence-electron chi connectivity index (χ2n) is 7.28. The molecule has 162 valence electrons. The molecule has 0 spiro atoms. The lowest BCUT2D eigenvalue weighted by molar-refractivity contribution is -0.114. The van der Waals surface area contributed by atoms with Gasteiger partial charge in [-0.3, -0.25) is 4.79 Å². The van der Waals surface area contributed by atoms with Crippen molar-refractivity contribution in [2.45, 2.75) is 0 Å². The molecule has 3 aromatic carbocycles. The molecule has 1 aliphatic heterocycles. The molecule has 0 bridgehead atoms. The van der Waals surface area contributed by atoms with E-state index < -0.39 is 0 Å². The Bertz CT molecular complexity index is 1360. The van der Waals surface area contributed by atoms with Crippen LogP contribution in [0.4, 0.5) is 5.13 Å². The van der Waals surface area contributed by atoms with E-state index in [0.29, 0.717) is 16.4 Å². The van der Waals surface area contributed by atoms with Crippen molar-refractivity contribution >= 4 is 50.1 Å². The molecule has 0 fully saturated rings. The molecular formula is C26H18BrN3O2S. The SMILES string of the molecule is COc1ccc(/C=C2\C(=O)N(c3nc(-c4ccc(Br)cc4)cs3)N=C2c2ccccc2)cc1. The van der Waals surface area contributed by atoms with Gasteiger partial charge in [0.05, 0.1) is 18.4 Å². The molecule has 5 nitrogen and oxygen atoms in total. The highest BCUT2D eigenvalue weighted by atomic mass is 79.9. The number of thiazole rings is 1. The van der Waals surface area contributed by atoms with Gasteiger partial charge in [-0.2, -0.15) is 10.1 Å². The summed E-state index contributed by atoms with van der Waals surface area (Å²) in [4.78, 5) is 18.2. The first-order valence-electron chi connectivity index (χ1n) is 10.2. The van der Waals surface area contributed by atoms with Crippen LogP contribution in [0, 0.1) is 0 Å². The van der Waals surface area contributed by atoms with Crippen LogP contribution in [-0.4, -0.2) is 23.7 Å². The summed E-state index contributed by atoms with van der Waals surface area (Å²) in [5.41, 5.74) is 4.69. The number of hydrogen-bond acceptors (Lipinski definition) is 5. The van der Waals surface area contributed by atoms with E-state index in [0.717, 1.165) is 32.6 Å². The van der Waals surface area contributed by atoms with Gasteiger partial charge in [-0.15, -0.1) is 11.3 Å². The van der Waals surface area contributed by atoms with E-state index in [1.807, 2.05) is 90.3 Å². The average Bonchev–Trinajstić information content (AvgIpc) is 3.46. The van der Waals surface area contributed by atoms with E-state index in [2.05, 4.69) is 21.0 Å². The monoisotopic (exact) mass is 515 g/mol. The maximum atomic E-state index is 13.5. The minimum absolute atomic E-state index is 0.207. The molecule has 0 radical (unpaired) electrons. The Labute approximate surface area is 203 Å². The van der Waals surface area contributed by atoms with Crippen molar-refractivity contribution < 1.29 is 9.53 Å². The number of hydrogen-bond donors (Lipinski definition) is 0. The number of carbonyl (C=O) groups is 1. The highest BCUT2D eigenvalue weighted by Gasteiger charge is 2.33. The van der Waals surface area contributed by atoms with Crippen LogP contribution in [0.2, 0.25) is 0 Å². The van der Waals surface area contributed by atoms with Crippen molar-refractivity contribution in [1.82, 2.24) is 4.98 Å². The van der Waals surface area contributed by atoms with E-state index in [9.17, 15) is 4.79 Å². The molecule has 0 saturated carbocycles. The fourth-order valence-corrected chi connectivity index (χ4v) is 4.51. The molecule has 1 amide bonds. The largest absolute Gasteiger partial charge is 0.497 e. The third-order valence-electron chi connectivity index (χ3n) is 5.17. The topological polar surface area (TPSA) is 54.8 Å². The first-order valence-corrected chi connectivity index (χ1v) is 11.9. The number of rotatable bonds is 5. The zero-order valence-electron chi connectivity index (χ0n) is 17.6. The smallest absolute Gasteiger partial charge is 0.283 e. The third kappa shape index (κ3) is 4.37. The van der Waals surface area contributed by atoms with E-state index in [1.165, 1.54) is 16.3 Å². The number of aromatic nitrogens is 1. The molecule has 2 heterocycles. The standard InChI is InChI=1S/C26H18BrN3O2S/c1-32-21-13-7-17(8-14-21)15-22-24(19-5-3-2-4-6-19)29-30(25(22)31)26-28-23(16-33-26)18-9-11-20(27)12-10-18/h2-16H,1H3/b22-15-. The predicted octanol–water partition coefficient (Wildman–Crippen LogP) is 6.42.